The lowest BCUT2D eigenvalue weighted by Gasteiger charge is -2.52. The number of Topliss-reactive ketones (excluding diaryl/α,β-unsaturated/α-hetero) is 1. The predicted molar refractivity (Wildman–Crippen MR) is 80.4 cm³/mol. The lowest BCUT2D eigenvalue weighted by atomic mass is 9.50. The quantitative estimate of drug-likeness (QED) is 0.786. The maximum Gasteiger partial charge on any atom is 0.163 e. The Balaban J connectivity index is 2.17. The number of methoxy groups -OCH3 is 1. The van der Waals surface area contributed by atoms with Gasteiger partial charge in [0, 0.05) is 12.0 Å². The highest BCUT2D eigenvalue weighted by Gasteiger charge is 2.54. The van der Waals surface area contributed by atoms with Crippen LogP contribution in [0.5, 0.6) is 5.75 Å². The van der Waals surface area contributed by atoms with Gasteiger partial charge < -0.3 is 4.74 Å². The first-order valence-corrected chi connectivity index (χ1v) is 7.57. The summed E-state index contributed by atoms with van der Waals surface area (Å²) in [5, 5.41) is 9.64. The molecule has 0 heterocycles. The van der Waals surface area contributed by atoms with E-state index in [2.05, 4.69) is 13.0 Å². The van der Waals surface area contributed by atoms with Crippen molar-refractivity contribution in [3.8, 4) is 11.8 Å². The van der Waals surface area contributed by atoms with E-state index in [0.29, 0.717) is 6.42 Å². The number of rotatable bonds is 1. The fourth-order valence-electron chi connectivity index (χ4n) is 4.46. The minimum atomic E-state index is -0.403. The Kier molecular flexibility index (Phi) is 3.09. The largest absolute Gasteiger partial charge is 0.497 e. The highest BCUT2D eigenvalue weighted by atomic mass is 16.5. The van der Waals surface area contributed by atoms with Gasteiger partial charge in [0.1, 0.15) is 5.75 Å². The fraction of sp³-hybridized carbons (Fsp3) is 0.556. The molecule has 3 heteroatoms. The molecule has 0 saturated heterocycles. The standard InChI is InChI=1S/C18H21NO2/c1-17(11-19)7-4-8-18(2)14-6-5-12(21-3)9-13(14)15(20)10-16(17)18/h5-6,9,16H,4,7-8,10H2,1-3H3/t16-,17+,18+/m1/s1. The summed E-state index contributed by atoms with van der Waals surface area (Å²) in [5.74, 6) is 0.981. The van der Waals surface area contributed by atoms with Crippen LogP contribution in [0, 0.1) is 22.7 Å². The van der Waals surface area contributed by atoms with E-state index in [-0.39, 0.29) is 17.1 Å². The van der Waals surface area contributed by atoms with Crippen LogP contribution in [0.2, 0.25) is 0 Å². The van der Waals surface area contributed by atoms with Gasteiger partial charge >= 0.3 is 0 Å². The summed E-state index contributed by atoms with van der Waals surface area (Å²) in [5.41, 5.74) is 1.40. The highest BCUT2D eigenvalue weighted by molar-refractivity contribution is 6.00. The third kappa shape index (κ3) is 1.89. The Morgan fingerprint density at radius 1 is 1.33 bits per heavy atom. The normalized spacial score (nSPS) is 34.6. The molecule has 3 rings (SSSR count). The second-order valence-corrected chi connectivity index (χ2v) is 6.89. The van der Waals surface area contributed by atoms with Crippen LogP contribution in [-0.4, -0.2) is 12.9 Å². The molecule has 0 aromatic heterocycles. The van der Waals surface area contributed by atoms with Crippen molar-refractivity contribution >= 4 is 5.78 Å². The van der Waals surface area contributed by atoms with E-state index >= 15 is 0 Å². The molecule has 0 spiro atoms. The molecule has 21 heavy (non-hydrogen) atoms. The molecule has 110 valence electrons. The molecule has 2 aliphatic carbocycles. The van der Waals surface area contributed by atoms with E-state index in [1.165, 1.54) is 0 Å². The third-order valence-corrected chi connectivity index (χ3v) is 5.72. The van der Waals surface area contributed by atoms with Gasteiger partial charge in [-0.25, -0.2) is 0 Å². The Morgan fingerprint density at radius 3 is 2.76 bits per heavy atom. The van der Waals surface area contributed by atoms with E-state index in [0.717, 1.165) is 36.1 Å². The maximum atomic E-state index is 12.6. The minimum Gasteiger partial charge on any atom is -0.497 e. The number of carbonyl (C=O) groups is 1. The lowest BCUT2D eigenvalue weighted by molar-refractivity contribution is 0.0555. The molecule has 0 N–H and O–H groups in total. The number of hydrogen-bond acceptors (Lipinski definition) is 3. The Hall–Kier alpha value is -1.82. The first kappa shape index (κ1) is 14.1. The number of hydrogen-bond donors (Lipinski definition) is 0. The van der Waals surface area contributed by atoms with Crippen molar-refractivity contribution in [2.24, 2.45) is 11.3 Å². The monoisotopic (exact) mass is 283 g/mol. The zero-order valence-corrected chi connectivity index (χ0v) is 12.9. The van der Waals surface area contributed by atoms with Crippen LogP contribution >= 0.6 is 0 Å². The maximum absolute atomic E-state index is 12.6. The zero-order valence-electron chi connectivity index (χ0n) is 12.9. The molecule has 3 nitrogen and oxygen atoms in total. The van der Waals surface area contributed by atoms with Gasteiger partial charge in [-0.3, -0.25) is 4.79 Å². The van der Waals surface area contributed by atoms with E-state index in [1.807, 2.05) is 25.1 Å². The summed E-state index contributed by atoms with van der Waals surface area (Å²) in [6.07, 6.45) is 3.45. The summed E-state index contributed by atoms with van der Waals surface area (Å²) < 4.78 is 5.26. The summed E-state index contributed by atoms with van der Waals surface area (Å²) in [7, 11) is 1.62. The van der Waals surface area contributed by atoms with Crippen LogP contribution in [0.1, 0.15) is 55.5 Å². The number of fused-ring (bicyclic) bond motifs is 3. The number of carbonyl (C=O) groups excluding carboxylic acids is 1. The van der Waals surface area contributed by atoms with Gasteiger partial charge in [0.2, 0.25) is 0 Å². The van der Waals surface area contributed by atoms with Crippen molar-refractivity contribution in [2.45, 2.75) is 44.9 Å². The molecular formula is C18H21NO2. The Morgan fingerprint density at radius 2 is 2.10 bits per heavy atom. The van der Waals surface area contributed by atoms with Crippen LogP contribution in [0.4, 0.5) is 0 Å². The molecule has 1 saturated carbocycles. The summed E-state index contributed by atoms with van der Waals surface area (Å²) in [6.45, 7) is 4.25. The van der Waals surface area contributed by atoms with Gasteiger partial charge in [0.25, 0.3) is 0 Å². The molecule has 2 aliphatic rings. The van der Waals surface area contributed by atoms with Crippen molar-refractivity contribution in [3.05, 3.63) is 29.3 Å². The molecule has 1 aromatic carbocycles. The number of benzene rings is 1. The second-order valence-electron chi connectivity index (χ2n) is 6.89. The van der Waals surface area contributed by atoms with Gasteiger partial charge in [-0.05, 0) is 48.8 Å². The number of ether oxygens (including phenoxy) is 1. The van der Waals surface area contributed by atoms with Gasteiger partial charge in [-0.1, -0.05) is 19.4 Å². The molecule has 0 aliphatic heterocycles. The summed E-state index contributed by atoms with van der Waals surface area (Å²) in [6, 6.07) is 8.32. The second kappa shape index (κ2) is 4.59. The highest BCUT2D eigenvalue weighted by Crippen LogP contribution is 2.57. The zero-order chi connectivity index (χ0) is 15.3. The van der Waals surface area contributed by atoms with E-state index in [1.54, 1.807) is 7.11 Å². The lowest BCUT2D eigenvalue weighted by Crippen LogP contribution is -2.49. The van der Waals surface area contributed by atoms with Crippen LogP contribution < -0.4 is 4.74 Å². The van der Waals surface area contributed by atoms with E-state index in [4.69, 9.17) is 4.74 Å². The van der Waals surface area contributed by atoms with Crippen LogP contribution in [0.15, 0.2) is 18.2 Å². The average molecular weight is 283 g/mol. The first-order chi connectivity index (χ1) is 9.94. The van der Waals surface area contributed by atoms with Gasteiger partial charge in [-0.2, -0.15) is 5.26 Å². The van der Waals surface area contributed by atoms with Crippen molar-refractivity contribution in [2.75, 3.05) is 7.11 Å². The Labute approximate surface area is 125 Å². The molecule has 0 amide bonds. The van der Waals surface area contributed by atoms with Gasteiger partial charge in [-0.15, -0.1) is 0 Å². The topological polar surface area (TPSA) is 50.1 Å². The van der Waals surface area contributed by atoms with Crippen LogP contribution in [0.25, 0.3) is 0 Å². The molecule has 1 fully saturated rings. The predicted octanol–water partition coefficient (Wildman–Crippen LogP) is 3.87. The fourth-order valence-corrected chi connectivity index (χ4v) is 4.46. The first-order valence-electron chi connectivity index (χ1n) is 7.57. The van der Waals surface area contributed by atoms with E-state index in [9.17, 15) is 10.1 Å². The molecule has 0 radical (unpaired) electrons. The molecule has 1 aromatic rings. The molecule has 0 bridgehead atoms. The van der Waals surface area contributed by atoms with Crippen molar-refractivity contribution in [1.82, 2.24) is 0 Å². The van der Waals surface area contributed by atoms with Crippen molar-refractivity contribution < 1.29 is 9.53 Å². The van der Waals surface area contributed by atoms with Gasteiger partial charge in [0.15, 0.2) is 5.78 Å². The SMILES string of the molecule is COc1ccc2c(c1)C(=O)C[C@H]1[C@@]2(C)CCC[C@@]1(C)C#N. The average Bonchev–Trinajstić information content (AvgIpc) is 2.49. The third-order valence-electron chi connectivity index (χ3n) is 5.72. The smallest absolute Gasteiger partial charge is 0.163 e. The van der Waals surface area contributed by atoms with Crippen molar-refractivity contribution in [1.29, 1.82) is 5.26 Å². The number of nitrogens with zero attached hydrogens (tertiary/aromatic N) is 1. The van der Waals surface area contributed by atoms with E-state index < -0.39 is 5.41 Å². The number of ketones is 1. The minimum absolute atomic E-state index is 0.0851. The molecule has 0 unspecified atom stereocenters. The van der Waals surface area contributed by atoms with Crippen LogP contribution in [0.3, 0.4) is 0 Å². The van der Waals surface area contributed by atoms with Gasteiger partial charge in [0.05, 0.1) is 18.6 Å². The van der Waals surface area contributed by atoms with Crippen LogP contribution in [-0.2, 0) is 5.41 Å². The Bertz CT molecular complexity index is 645. The number of nitriles is 1. The summed E-state index contributed by atoms with van der Waals surface area (Å²) >= 11 is 0. The molecule has 3 atom stereocenters. The van der Waals surface area contributed by atoms with Crippen molar-refractivity contribution in [3.63, 3.8) is 0 Å². The molecular weight excluding hydrogens is 262 g/mol. The summed E-state index contributed by atoms with van der Waals surface area (Å²) in [4.78, 5) is 12.6.